The van der Waals surface area contributed by atoms with E-state index in [1.54, 1.807) is 14.2 Å². The van der Waals surface area contributed by atoms with Gasteiger partial charge in [-0.15, -0.1) is 0 Å². The average molecular weight is 406 g/mol. The highest BCUT2D eigenvalue weighted by atomic mass is 16.5. The number of hydrogen-bond acceptors (Lipinski definition) is 4. The van der Waals surface area contributed by atoms with Gasteiger partial charge >= 0.3 is 0 Å². The number of Topliss-reactive ketones (excluding diaryl/α,β-unsaturated/α-hetero) is 1. The number of allylic oxidation sites excluding steroid dienone is 2. The summed E-state index contributed by atoms with van der Waals surface area (Å²) in [6.07, 6.45) is 5.18. The lowest BCUT2D eigenvalue weighted by atomic mass is 9.80. The molecule has 1 aliphatic carbocycles. The highest BCUT2D eigenvalue weighted by molar-refractivity contribution is 6.04. The molecule has 0 amide bonds. The first-order chi connectivity index (χ1) is 14.6. The molecule has 0 aromatic heterocycles. The number of carbonyl (C=O) groups excluding carboxylic acids is 1. The van der Waals surface area contributed by atoms with E-state index in [1.165, 1.54) is 11.1 Å². The van der Waals surface area contributed by atoms with Crippen LogP contribution in [-0.2, 0) is 13.0 Å². The van der Waals surface area contributed by atoms with Crippen LogP contribution in [0, 0.1) is 11.8 Å². The highest BCUT2D eigenvalue weighted by Crippen LogP contribution is 2.42. The lowest BCUT2D eigenvalue weighted by molar-refractivity contribution is 0.0942. The molecule has 30 heavy (non-hydrogen) atoms. The second-order valence-corrected chi connectivity index (χ2v) is 8.31. The van der Waals surface area contributed by atoms with Gasteiger partial charge in [0, 0.05) is 18.0 Å². The van der Waals surface area contributed by atoms with Crippen molar-refractivity contribution in [1.82, 2.24) is 4.90 Å². The maximum Gasteiger partial charge on any atom is 0.170 e. The van der Waals surface area contributed by atoms with Gasteiger partial charge in [0.25, 0.3) is 0 Å². The van der Waals surface area contributed by atoms with Gasteiger partial charge in [0.1, 0.15) is 0 Å². The van der Waals surface area contributed by atoms with Gasteiger partial charge in [-0.1, -0.05) is 42.0 Å². The molecule has 0 N–H and O–H groups in total. The van der Waals surface area contributed by atoms with E-state index in [0.29, 0.717) is 17.4 Å². The molecule has 0 bridgehead atoms. The van der Waals surface area contributed by atoms with Gasteiger partial charge in [-0.3, -0.25) is 9.69 Å². The summed E-state index contributed by atoms with van der Waals surface area (Å²) in [5, 5.41) is 0. The summed E-state index contributed by atoms with van der Waals surface area (Å²) < 4.78 is 10.9. The van der Waals surface area contributed by atoms with Gasteiger partial charge in [0.2, 0.25) is 0 Å². The zero-order valence-corrected chi connectivity index (χ0v) is 18.2. The van der Waals surface area contributed by atoms with Crippen LogP contribution in [0.1, 0.15) is 41.3 Å². The van der Waals surface area contributed by atoms with Crippen LogP contribution < -0.4 is 9.47 Å². The molecule has 0 spiro atoms. The summed E-state index contributed by atoms with van der Waals surface area (Å²) in [6.45, 7) is 5.24. The summed E-state index contributed by atoms with van der Waals surface area (Å²) in [5.74, 6) is 1.98. The number of likely N-dealkylation sites (tertiary alicyclic amines) is 1. The Balaban J connectivity index is 1.44. The SMILES string of the molecule is C/C=C(/C1CCN(Cc2ccccc2)CC1)C1Cc2cc(OC)c(OC)cc2C1=O. The van der Waals surface area contributed by atoms with Crippen molar-refractivity contribution in [3.05, 3.63) is 70.8 Å². The lowest BCUT2D eigenvalue weighted by Gasteiger charge is -2.34. The third-order valence-corrected chi connectivity index (χ3v) is 6.66. The monoisotopic (exact) mass is 405 g/mol. The van der Waals surface area contributed by atoms with Crippen molar-refractivity contribution in [2.24, 2.45) is 11.8 Å². The Bertz CT molecular complexity index is 927. The molecular formula is C26H31NO3. The predicted molar refractivity (Wildman–Crippen MR) is 119 cm³/mol. The Labute approximate surface area is 179 Å². The van der Waals surface area contributed by atoms with E-state index in [9.17, 15) is 4.79 Å². The molecule has 4 rings (SSSR count). The molecule has 1 unspecified atom stereocenters. The van der Waals surface area contributed by atoms with Crippen LogP contribution in [0.3, 0.4) is 0 Å². The number of benzene rings is 2. The first-order valence-corrected chi connectivity index (χ1v) is 10.9. The van der Waals surface area contributed by atoms with Crippen molar-refractivity contribution >= 4 is 5.78 Å². The minimum absolute atomic E-state index is 0.0486. The Morgan fingerprint density at radius 1 is 1.07 bits per heavy atom. The normalized spacial score (nSPS) is 20.3. The number of piperidine rings is 1. The summed E-state index contributed by atoms with van der Waals surface area (Å²) in [5.41, 5.74) is 4.54. The van der Waals surface area contributed by atoms with Gasteiger partial charge in [-0.2, -0.15) is 0 Å². The van der Waals surface area contributed by atoms with Crippen LogP contribution >= 0.6 is 0 Å². The van der Waals surface area contributed by atoms with Crippen molar-refractivity contribution in [3.63, 3.8) is 0 Å². The Morgan fingerprint density at radius 2 is 1.73 bits per heavy atom. The molecule has 1 atom stereocenters. The van der Waals surface area contributed by atoms with Crippen LogP contribution in [0.2, 0.25) is 0 Å². The average Bonchev–Trinajstić information content (AvgIpc) is 3.10. The van der Waals surface area contributed by atoms with E-state index in [1.807, 2.05) is 12.1 Å². The molecule has 0 radical (unpaired) electrons. The largest absolute Gasteiger partial charge is 0.493 e. The van der Waals surface area contributed by atoms with Crippen LogP contribution in [0.25, 0.3) is 0 Å². The summed E-state index contributed by atoms with van der Waals surface area (Å²) >= 11 is 0. The highest BCUT2D eigenvalue weighted by Gasteiger charge is 2.37. The minimum atomic E-state index is -0.0486. The third kappa shape index (κ3) is 4.01. The standard InChI is InChI=1S/C26H31NO3/c1-4-21(19-10-12-27(13-11-19)17-18-8-6-5-7-9-18)23-14-20-15-24(29-2)25(30-3)16-22(20)26(23)28/h4-9,15-16,19,23H,10-14,17H2,1-3H3/b21-4-. The number of ketones is 1. The van der Waals surface area contributed by atoms with Crippen LogP contribution in [0.5, 0.6) is 11.5 Å². The number of fused-ring (bicyclic) bond motifs is 1. The molecule has 4 nitrogen and oxygen atoms in total. The van der Waals surface area contributed by atoms with Gasteiger partial charge < -0.3 is 9.47 Å². The second-order valence-electron chi connectivity index (χ2n) is 8.31. The number of carbonyl (C=O) groups is 1. The zero-order chi connectivity index (χ0) is 21.1. The van der Waals surface area contributed by atoms with Crippen LogP contribution in [0.4, 0.5) is 0 Å². The van der Waals surface area contributed by atoms with Crippen LogP contribution in [0.15, 0.2) is 54.1 Å². The van der Waals surface area contributed by atoms with Crippen molar-refractivity contribution < 1.29 is 14.3 Å². The minimum Gasteiger partial charge on any atom is -0.493 e. The fraction of sp³-hybridized carbons (Fsp3) is 0.423. The fourth-order valence-corrected chi connectivity index (χ4v) is 5.08. The number of ether oxygens (including phenoxy) is 2. The van der Waals surface area contributed by atoms with Crippen molar-refractivity contribution in [3.8, 4) is 11.5 Å². The molecule has 1 saturated heterocycles. The van der Waals surface area contributed by atoms with Gasteiger partial charge in [0.15, 0.2) is 17.3 Å². The zero-order valence-electron chi connectivity index (χ0n) is 18.2. The predicted octanol–water partition coefficient (Wildman–Crippen LogP) is 4.92. The molecule has 4 heteroatoms. The van der Waals surface area contributed by atoms with Crippen LogP contribution in [-0.4, -0.2) is 38.0 Å². The summed E-state index contributed by atoms with van der Waals surface area (Å²) in [4.78, 5) is 15.8. The molecule has 1 heterocycles. The maximum atomic E-state index is 13.3. The van der Waals surface area contributed by atoms with Gasteiger partial charge in [-0.25, -0.2) is 0 Å². The Morgan fingerprint density at radius 3 is 2.37 bits per heavy atom. The first-order valence-electron chi connectivity index (χ1n) is 10.9. The van der Waals surface area contributed by atoms with E-state index < -0.39 is 0 Å². The molecular weight excluding hydrogens is 374 g/mol. The number of nitrogens with zero attached hydrogens (tertiary/aromatic N) is 1. The summed E-state index contributed by atoms with van der Waals surface area (Å²) in [6, 6.07) is 14.5. The van der Waals surface area contributed by atoms with E-state index in [-0.39, 0.29) is 11.7 Å². The molecule has 1 aliphatic heterocycles. The molecule has 2 aromatic rings. The van der Waals surface area contributed by atoms with Gasteiger partial charge in [0.05, 0.1) is 14.2 Å². The quantitative estimate of drug-likeness (QED) is 0.640. The number of rotatable bonds is 6. The number of methoxy groups -OCH3 is 2. The van der Waals surface area contributed by atoms with Crippen molar-refractivity contribution in [2.45, 2.75) is 32.7 Å². The molecule has 2 aliphatic rings. The second kappa shape index (κ2) is 9.05. The first kappa shape index (κ1) is 20.7. The molecule has 158 valence electrons. The topological polar surface area (TPSA) is 38.8 Å². The fourth-order valence-electron chi connectivity index (χ4n) is 5.08. The van der Waals surface area contributed by atoms with E-state index in [4.69, 9.17) is 9.47 Å². The van der Waals surface area contributed by atoms with E-state index >= 15 is 0 Å². The lowest BCUT2D eigenvalue weighted by Crippen LogP contribution is -2.35. The van der Waals surface area contributed by atoms with E-state index in [0.717, 1.165) is 50.0 Å². The molecule has 0 saturated carbocycles. The van der Waals surface area contributed by atoms with Crippen molar-refractivity contribution in [2.75, 3.05) is 27.3 Å². The molecule has 2 aromatic carbocycles. The maximum absolute atomic E-state index is 13.3. The van der Waals surface area contributed by atoms with Gasteiger partial charge in [-0.05, 0) is 68.5 Å². The Kier molecular flexibility index (Phi) is 6.24. The van der Waals surface area contributed by atoms with E-state index in [2.05, 4.69) is 48.2 Å². The smallest absolute Gasteiger partial charge is 0.170 e. The summed E-state index contributed by atoms with van der Waals surface area (Å²) in [7, 11) is 3.25. The molecule has 1 fully saturated rings. The Hall–Kier alpha value is -2.59. The third-order valence-electron chi connectivity index (χ3n) is 6.66. The van der Waals surface area contributed by atoms with Crippen molar-refractivity contribution in [1.29, 1.82) is 0 Å². The number of hydrogen-bond donors (Lipinski definition) is 0.